The van der Waals surface area contributed by atoms with Gasteiger partial charge < -0.3 is 4.74 Å². The molecule has 108 valence electrons. The molecule has 18 heavy (non-hydrogen) atoms. The van der Waals surface area contributed by atoms with Crippen molar-refractivity contribution in [2.75, 3.05) is 6.61 Å². The first kappa shape index (κ1) is 19.2. The van der Waals surface area contributed by atoms with Gasteiger partial charge in [0.2, 0.25) is 0 Å². The molecule has 1 rings (SSSR count). The first-order chi connectivity index (χ1) is 8.23. The van der Waals surface area contributed by atoms with Crippen molar-refractivity contribution in [2.45, 2.75) is 46.1 Å². The zero-order chi connectivity index (χ0) is 14.5. The topological polar surface area (TPSA) is 26.3 Å². The highest BCUT2D eigenvalue weighted by Crippen LogP contribution is 2.39. The molecule has 8 heteroatoms. The summed E-state index contributed by atoms with van der Waals surface area (Å²) in [5.41, 5.74) is 0. The van der Waals surface area contributed by atoms with Gasteiger partial charge in [0.25, 0.3) is 0 Å². The van der Waals surface area contributed by atoms with Crippen molar-refractivity contribution < 1.29 is 9.53 Å². The van der Waals surface area contributed by atoms with Gasteiger partial charge >= 0.3 is 5.97 Å². The van der Waals surface area contributed by atoms with Crippen LogP contribution in [-0.2, 0) is 9.53 Å². The van der Waals surface area contributed by atoms with Crippen LogP contribution >= 0.6 is 69.6 Å². The minimum Gasteiger partial charge on any atom is -0.466 e. The summed E-state index contributed by atoms with van der Waals surface area (Å²) in [5, 5.41) is -2.62. The predicted molar refractivity (Wildman–Crippen MR) is 80.2 cm³/mol. The molecule has 0 spiro atoms. The van der Waals surface area contributed by atoms with Crippen molar-refractivity contribution in [3.8, 4) is 0 Å². The second kappa shape index (κ2) is 9.20. The van der Waals surface area contributed by atoms with Crippen LogP contribution in [-0.4, -0.2) is 44.8 Å². The average molecular weight is 379 g/mol. The average Bonchev–Trinajstić information content (AvgIpc) is 2.32. The third-order valence-electron chi connectivity index (χ3n) is 2.17. The van der Waals surface area contributed by atoms with Gasteiger partial charge in [-0.3, -0.25) is 4.79 Å². The van der Waals surface area contributed by atoms with Crippen LogP contribution in [0.15, 0.2) is 0 Å². The van der Waals surface area contributed by atoms with Gasteiger partial charge in [-0.2, -0.15) is 0 Å². The number of halogens is 6. The Morgan fingerprint density at radius 1 is 0.833 bits per heavy atom. The summed E-state index contributed by atoms with van der Waals surface area (Å²) >= 11 is 35.3. The molecular formula is C10H14Cl6O2. The van der Waals surface area contributed by atoms with Crippen molar-refractivity contribution in [3.63, 3.8) is 0 Å². The Labute approximate surface area is 137 Å². The molecule has 0 unspecified atom stereocenters. The highest BCUT2D eigenvalue weighted by atomic mass is 35.5. The molecule has 0 aromatic rings. The van der Waals surface area contributed by atoms with E-state index in [1.54, 1.807) is 6.92 Å². The molecule has 2 nitrogen and oxygen atoms in total. The van der Waals surface area contributed by atoms with Crippen LogP contribution in [0.2, 0.25) is 0 Å². The molecule has 1 aliphatic rings. The van der Waals surface area contributed by atoms with Crippen LogP contribution in [0.5, 0.6) is 0 Å². The van der Waals surface area contributed by atoms with Crippen LogP contribution in [0.4, 0.5) is 0 Å². The second-order valence-corrected chi connectivity index (χ2v) is 6.61. The summed E-state index contributed by atoms with van der Waals surface area (Å²) in [6, 6.07) is 0. The number of hydrogen-bond acceptors (Lipinski definition) is 2. The zero-order valence-electron chi connectivity index (χ0n) is 9.76. The third kappa shape index (κ3) is 5.68. The standard InChI is InChI=1S/C6H6Cl6.C4H8O2/c7-1-2(8)4(10)6(12)5(11)3(1)9;1-3-6-4(2)5/h1-6H;3H2,1-2H3. The first-order valence-corrected chi connectivity index (χ1v) is 7.83. The van der Waals surface area contributed by atoms with Crippen LogP contribution in [0.1, 0.15) is 13.8 Å². The maximum atomic E-state index is 9.82. The molecule has 0 aromatic heterocycles. The zero-order valence-corrected chi connectivity index (χ0v) is 14.3. The summed E-state index contributed by atoms with van der Waals surface area (Å²) < 4.78 is 4.40. The number of carbonyl (C=O) groups excluding carboxylic acids is 1. The fraction of sp³-hybridized carbons (Fsp3) is 0.900. The van der Waals surface area contributed by atoms with E-state index in [-0.39, 0.29) is 5.97 Å². The smallest absolute Gasteiger partial charge is 0.302 e. The lowest BCUT2D eigenvalue weighted by molar-refractivity contribution is -0.140. The lowest BCUT2D eigenvalue weighted by Gasteiger charge is -2.37. The molecule has 0 heterocycles. The Morgan fingerprint density at radius 3 is 1.11 bits per heavy atom. The lowest BCUT2D eigenvalue weighted by Crippen LogP contribution is -2.52. The molecule has 0 aliphatic heterocycles. The summed E-state index contributed by atoms with van der Waals surface area (Å²) in [4.78, 5) is 9.82. The molecule has 1 aliphatic carbocycles. The number of ether oxygens (including phenoxy) is 1. The number of hydrogen-bond donors (Lipinski definition) is 0. The second-order valence-electron chi connectivity index (χ2n) is 3.59. The predicted octanol–water partition coefficient (Wildman–Crippen LogP) is 4.21. The molecular weight excluding hydrogens is 365 g/mol. The molecule has 1 saturated carbocycles. The van der Waals surface area contributed by atoms with Gasteiger partial charge in [-0.25, -0.2) is 0 Å². The van der Waals surface area contributed by atoms with Crippen LogP contribution in [0.3, 0.4) is 0 Å². The maximum absolute atomic E-state index is 9.82. The Hall–Kier alpha value is 1.21. The van der Waals surface area contributed by atoms with Gasteiger partial charge in [0, 0.05) is 6.92 Å². The molecule has 0 atom stereocenters. The largest absolute Gasteiger partial charge is 0.466 e. The van der Waals surface area contributed by atoms with Gasteiger partial charge in [0.1, 0.15) is 0 Å². The first-order valence-electron chi connectivity index (χ1n) is 5.21. The van der Waals surface area contributed by atoms with E-state index in [1.165, 1.54) is 6.92 Å². The van der Waals surface area contributed by atoms with Crippen LogP contribution in [0.25, 0.3) is 0 Å². The quantitative estimate of drug-likeness (QED) is 0.504. The van der Waals surface area contributed by atoms with Gasteiger partial charge in [0.05, 0.1) is 38.9 Å². The van der Waals surface area contributed by atoms with E-state index in [0.717, 1.165) is 0 Å². The number of esters is 1. The molecule has 0 N–H and O–H groups in total. The molecule has 0 amide bonds. The van der Waals surface area contributed by atoms with Crippen LogP contribution < -0.4 is 0 Å². The molecule has 1 fully saturated rings. The Kier molecular flexibility index (Phi) is 9.82. The molecule has 0 bridgehead atoms. The van der Waals surface area contributed by atoms with E-state index < -0.39 is 32.3 Å². The minimum absolute atomic E-state index is 0.211. The van der Waals surface area contributed by atoms with Crippen molar-refractivity contribution in [2.24, 2.45) is 0 Å². The normalized spacial score (nSPS) is 39.6. The Balaban J connectivity index is 0.000000411. The van der Waals surface area contributed by atoms with Crippen LogP contribution in [0, 0.1) is 0 Å². The molecule has 0 aromatic carbocycles. The van der Waals surface area contributed by atoms with E-state index in [9.17, 15) is 4.79 Å². The van der Waals surface area contributed by atoms with Crippen molar-refractivity contribution in [1.29, 1.82) is 0 Å². The number of alkyl halides is 6. The Morgan fingerprint density at radius 2 is 1.06 bits per heavy atom. The highest BCUT2D eigenvalue weighted by Gasteiger charge is 2.46. The van der Waals surface area contributed by atoms with Gasteiger partial charge in [-0.05, 0) is 6.92 Å². The summed E-state index contributed by atoms with van der Waals surface area (Å²) in [5.74, 6) is -0.211. The maximum Gasteiger partial charge on any atom is 0.302 e. The van der Waals surface area contributed by atoms with Crippen molar-refractivity contribution in [1.82, 2.24) is 0 Å². The lowest BCUT2D eigenvalue weighted by atomic mass is 9.97. The summed E-state index contributed by atoms with van der Waals surface area (Å²) in [6.07, 6.45) is 0. The SMILES string of the molecule is CCOC(C)=O.ClC1C(Cl)C(Cl)C(Cl)C(Cl)C1Cl. The monoisotopic (exact) mass is 376 g/mol. The number of carbonyl (C=O) groups is 1. The van der Waals surface area contributed by atoms with Gasteiger partial charge in [0.15, 0.2) is 0 Å². The van der Waals surface area contributed by atoms with Gasteiger partial charge in [-0.15, -0.1) is 69.6 Å². The van der Waals surface area contributed by atoms with Gasteiger partial charge in [-0.1, -0.05) is 0 Å². The van der Waals surface area contributed by atoms with Crippen molar-refractivity contribution >= 4 is 75.6 Å². The Bertz CT molecular complexity index is 206. The number of rotatable bonds is 1. The molecule has 0 saturated heterocycles. The highest BCUT2D eigenvalue weighted by molar-refractivity contribution is 6.45. The minimum atomic E-state index is -0.437. The van der Waals surface area contributed by atoms with E-state index in [4.69, 9.17) is 69.6 Å². The summed E-state index contributed by atoms with van der Waals surface area (Å²) in [7, 11) is 0. The fourth-order valence-corrected chi connectivity index (χ4v) is 3.58. The fourth-order valence-electron chi connectivity index (χ4n) is 1.26. The van der Waals surface area contributed by atoms with Crippen molar-refractivity contribution in [3.05, 3.63) is 0 Å². The van der Waals surface area contributed by atoms with E-state index in [1.807, 2.05) is 0 Å². The van der Waals surface area contributed by atoms with E-state index >= 15 is 0 Å². The molecule has 0 radical (unpaired) electrons. The van der Waals surface area contributed by atoms with E-state index in [0.29, 0.717) is 6.61 Å². The summed E-state index contributed by atoms with van der Waals surface area (Å²) in [6.45, 7) is 3.65. The van der Waals surface area contributed by atoms with E-state index in [2.05, 4.69) is 4.74 Å². The third-order valence-corrected chi connectivity index (χ3v) is 6.20.